The highest BCUT2D eigenvalue weighted by Crippen LogP contribution is 1.85. The SMILES string of the molecule is C[N+](C)(C)CC(N)=O.Cl. The molecule has 0 heterocycles. The van der Waals surface area contributed by atoms with Gasteiger partial charge in [-0.2, -0.15) is 0 Å². The average Bonchev–Trinajstić information content (AvgIpc) is 1.21. The molecule has 0 aliphatic rings. The van der Waals surface area contributed by atoms with Crippen LogP contribution in [-0.4, -0.2) is 38.1 Å². The first-order valence-corrected chi connectivity index (χ1v) is 2.50. The summed E-state index contributed by atoms with van der Waals surface area (Å²) in [5, 5.41) is 0. The molecular formula is C5H14ClN2O+. The highest BCUT2D eigenvalue weighted by molar-refractivity contribution is 5.85. The molecule has 0 rings (SSSR count). The number of quaternary nitrogens is 1. The first kappa shape index (κ1) is 11.5. The van der Waals surface area contributed by atoms with Gasteiger partial charge in [0.05, 0.1) is 21.1 Å². The molecule has 0 aliphatic carbocycles. The molecule has 3 nitrogen and oxygen atoms in total. The smallest absolute Gasteiger partial charge is 0.272 e. The van der Waals surface area contributed by atoms with Gasteiger partial charge in [0.2, 0.25) is 0 Å². The first-order valence-electron chi connectivity index (χ1n) is 2.50. The van der Waals surface area contributed by atoms with E-state index in [0.717, 1.165) is 0 Å². The summed E-state index contributed by atoms with van der Waals surface area (Å²) in [6, 6.07) is 0. The van der Waals surface area contributed by atoms with Crippen LogP contribution in [0.15, 0.2) is 0 Å². The number of hydrogen-bond acceptors (Lipinski definition) is 1. The Labute approximate surface area is 61.8 Å². The van der Waals surface area contributed by atoms with Crippen LogP contribution in [0, 0.1) is 0 Å². The molecule has 56 valence electrons. The highest BCUT2D eigenvalue weighted by atomic mass is 35.5. The van der Waals surface area contributed by atoms with E-state index in [1.54, 1.807) is 0 Å². The molecule has 0 aromatic carbocycles. The van der Waals surface area contributed by atoms with Gasteiger partial charge in [0, 0.05) is 0 Å². The van der Waals surface area contributed by atoms with Crippen LogP contribution in [0.2, 0.25) is 0 Å². The summed E-state index contributed by atoms with van der Waals surface area (Å²) in [6.45, 7) is 0.403. The lowest BCUT2D eigenvalue weighted by Gasteiger charge is -2.21. The molecular weight excluding hydrogens is 140 g/mol. The molecule has 0 unspecified atom stereocenters. The van der Waals surface area contributed by atoms with Gasteiger partial charge in [-0.05, 0) is 0 Å². The van der Waals surface area contributed by atoms with Crippen LogP contribution in [0.25, 0.3) is 0 Å². The minimum atomic E-state index is -0.252. The van der Waals surface area contributed by atoms with E-state index in [0.29, 0.717) is 11.0 Å². The van der Waals surface area contributed by atoms with Gasteiger partial charge in [-0.25, -0.2) is 0 Å². The van der Waals surface area contributed by atoms with Gasteiger partial charge in [0.25, 0.3) is 5.91 Å². The summed E-state index contributed by atoms with van der Waals surface area (Å²) < 4.78 is 0.606. The maximum Gasteiger partial charge on any atom is 0.272 e. The van der Waals surface area contributed by atoms with Gasteiger partial charge < -0.3 is 10.2 Å². The number of nitrogens with two attached hydrogens (primary N) is 1. The molecule has 0 atom stereocenters. The van der Waals surface area contributed by atoms with Crippen LogP contribution in [0.4, 0.5) is 0 Å². The van der Waals surface area contributed by atoms with Crippen LogP contribution in [0.3, 0.4) is 0 Å². The number of rotatable bonds is 2. The number of carbonyl (C=O) groups is 1. The fourth-order valence-corrected chi connectivity index (χ4v) is 0.468. The van der Waals surface area contributed by atoms with Crippen molar-refractivity contribution in [2.75, 3.05) is 27.7 Å². The molecule has 0 aromatic heterocycles. The van der Waals surface area contributed by atoms with Crippen molar-refractivity contribution in [3.63, 3.8) is 0 Å². The number of halogens is 1. The van der Waals surface area contributed by atoms with Crippen LogP contribution in [0.1, 0.15) is 0 Å². The Hall–Kier alpha value is -0.280. The van der Waals surface area contributed by atoms with Crippen molar-refractivity contribution in [1.82, 2.24) is 0 Å². The lowest BCUT2D eigenvalue weighted by atomic mass is 10.5. The summed E-state index contributed by atoms with van der Waals surface area (Å²) in [7, 11) is 5.76. The fourth-order valence-electron chi connectivity index (χ4n) is 0.468. The summed E-state index contributed by atoms with van der Waals surface area (Å²) >= 11 is 0. The minimum absolute atomic E-state index is 0. The number of carbonyl (C=O) groups excluding carboxylic acids is 1. The predicted molar refractivity (Wildman–Crippen MR) is 39.3 cm³/mol. The Morgan fingerprint density at radius 3 is 1.78 bits per heavy atom. The zero-order valence-corrected chi connectivity index (χ0v) is 6.86. The summed E-state index contributed by atoms with van der Waals surface area (Å²) in [4.78, 5) is 10.2. The van der Waals surface area contributed by atoms with E-state index in [9.17, 15) is 4.79 Å². The lowest BCUT2D eigenvalue weighted by molar-refractivity contribution is -0.862. The Morgan fingerprint density at radius 2 is 1.78 bits per heavy atom. The third kappa shape index (κ3) is 11.3. The van der Waals surface area contributed by atoms with Gasteiger partial charge in [0.1, 0.15) is 0 Å². The van der Waals surface area contributed by atoms with Crippen molar-refractivity contribution in [3.8, 4) is 0 Å². The van der Waals surface area contributed by atoms with E-state index in [4.69, 9.17) is 5.73 Å². The van der Waals surface area contributed by atoms with Gasteiger partial charge >= 0.3 is 0 Å². The minimum Gasteiger partial charge on any atom is -0.365 e. The summed E-state index contributed by atoms with van der Waals surface area (Å²) in [6.07, 6.45) is 0. The quantitative estimate of drug-likeness (QED) is 0.539. The number of nitrogens with zero attached hydrogens (tertiary/aromatic N) is 1. The van der Waals surface area contributed by atoms with E-state index in [2.05, 4.69) is 0 Å². The van der Waals surface area contributed by atoms with Crippen LogP contribution < -0.4 is 5.73 Å². The molecule has 0 radical (unpaired) electrons. The van der Waals surface area contributed by atoms with E-state index in [-0.39, 0.29) is 18.3 Å². The van der Waals surface area contributed by atoms with Gasteiger partial charge in [0.15, 0.2) is 6.54 Å². The second kappa shape index (κ2) is 3.69. The zero-order valence-electron chi connectivity index (χ0n) is 6.05. The van der Waals surface area contributed by atoms with Crippen molar-refractivity contribution >= 4 is 18.3 Å². The Bertz CT molecular complexity index is 97.6. The Morgan fingerprint density at radius 1 is 1.44 bits per heavy atom. The second-order valence-electron chi connectivity index (χ2n) is 2.91. The average molecular weight is 154 g/mol. The van der Waals surface area contributed by atoms with Gasteiger partial charge in [-0.1, -0.05) is 0 Å². The van der Waals surface area contributed by atoms with Crippen molar-refractivity contribution < 1.29 is 9.28 Å². The molecule has 9 heavy (non-hydrogen) atoms. The molecule has 0 aliphatic heterocycles. The normalized spacial score (nSPS) is 10.1. The van der Waals surface area contributed by atoms with Crippen molar-refractivity contribution in [3.05, 3.63) is 0 Å². The largest absolute Gasteiger partial charge is 0.365 e. The summed E-state index contributed by atoms with van der Waals surface area (Å²) in [5.41, 5.74) is 4.92. The number of amides is 1. The van der Waals surface area contributed by atoms with E-state index in [1.165, 1.54) is 0 Å². The molecule has 0 spiro atoms. The summed E-state index contributed by atoms with van der Waals surface area (Å²) in [5.74, 6) is -0.252. The second-order valence-corrected chi connectivity index (χ2v) is 2.91. The number of primary amides is 1. The third-order valence-corrected chi connectivity index (χ3v) is 0.630. The Kier molecular flexibility index (Phi) is 4.72. The van der Waals surface area contributed by atoms with Crippen molar-refractivity contribution in [2.45, 2.75) is 0 Å². The molecule has 2 N–H and O–H groups in total. The predicted octanol–water partition coefficient (Wildman–Crippen LogP) is -0.400. The third-order valence-electron chi connectivity index (χ3n) is 0.630. The van der Waals surface area contributed by atoms with Crippen LogP contribution in [-0.2, 0) is 4.79 Å². The van der Waals surface area contributed by atoms with Crippen LogP contribution in [0.5, 0.6) is 0 Å². The Balaban J connectivity index is 0. The highest BCUT2D eigenvalue weighted by Gasteiger charge is 2.09. The van der Waals surface area contributed by atoms with Crippen LogP contribution >= 0.6 is 12.4 Å². The molecule has 0 saturated heterocycles. The standard InChI is InChI=1S/C5H12N2O.ClH/c1-7(2,3)4-5(6)8;/h4H2,1-3H3,(H-,6,8);1H/p+1. The molecule has 4 heteroatoms. The maximum absolute atomic E-state index is 10.2. The van der Waals surface area contributed by atoms with Gasteiger partial charge in [-0.3, -0.25) is 4.79 Å². The molecule has 0 saturated carbocycles. The fraction of sp³-hybridized carbons (Fsp3) is 0.800. The zero-order chi connectivity index (χ0) is 6.78. The van der Waals surface area contributed by atoms with E-state index < -0.39 is 0 Å². The van der Waals surface area contributed by atoms with E-state index in [1.807, 2.05) is 21.1 Å². The molecule has 0 fully saturated rings. The number of hydrogen-bond donors (Lipinski definition) is 1. The molecule has 0 bridgehead atoms. The maximum atomic E-state index is 10.2. The van der Waals surface area contributed by atoms with Crippen molar-refractivity contribution in [2.24, 2.45) is 5.73 Å². The first-order chi connectivity index (χ1) is 3.42. The number of likely N-dealkylation sites (N-methyl/N-ethyl adjacent to an activating group) is 1. The topological polar surface area (TPSA) is 43.1 Å². The molecule has 0 aromatic rings. The van der Waals surface area contributed by atoms with Gasteiger partial charge in [-0.15, -0.1) is 12.4 Å². The molecule has 1 amide bonds. The lowest BCUT2D eigenvalue weighted by Crippen LogP contribution is -2.42. The van der Waals surface area contributed by atoms with Crippen molar-refractivity contribution in [1.29, 1.82) is 0 Å². The monoisotopic (exact) mass is 153 g/mol. The van der Waals surface area contributed by atoms with E-state index >= 15 is 0 Å².